The molecule has 2 N–H and O–H groups in total. The highest BCUT2D eigenvalue weighted by Crippen LogP contribution is 2.28. The van der Waals surface area contributed by atoms with Crippen LogP contribution in [-0.4, -0.2) is 18.5 Å². The average molecular weight is 468 g/mol. The zero-order valence-electron chi connectivity index (χ0n) is 21.1. The maximum Gasteiger partial charge on any atom is 0.237 e. The molecule has 4 nitrogen and oxygen atoms in total. The molecule has 4 heteroatoms. The molecule has 1 unspecified atom stereocenters. The molecule has 0 radical (unpaired) electrons. The number of carbonyl (C=O) groups is 1. The Labute approximate surface area is 210 Å². The number of nitriles is 1. The minimum atomic E-state index is -0.562. The van der Waals surface area contributed by atoms with E-state index >= 15 is 0 Å². The number of hydrogen-bond donors (Lipinski definition) is 2. The Morgan fingerprint density at radius 1 is 0.886 bits per heavy atom. The second kappa shape index (κ2) is 12.9. The molecule has 0 heterocycles. The Morgan fingerprint density at radius 3 is 1.89 bits per heavy atom. The van der Waals surface area contributed by atoms with Crippen LogP contribution in [0.15, 0.2) is 91.0 Å². The standard InChI is InChI=1S/C31H37N3O/c1-24(2)22-28(34-29(25-14-7-4-8-15-25)26-16-9-5-10-17-26)30(35)33-21-13-20-31(3,23-32)27-18-11-6-12-19-27/h4-12,14-19,24,28-29,34H,13,20-22H2,1-3H3,(H,33,35)/t28-,31?/m0/s1. The second-order valence-corrected chi connectivity index (χ2v) is 9.81. The van der Waals surface area contributed by atoms with Crippen LogP contribution in [0.25, 0.3) is 0 Å². The van der Waals surface area contributed by atoms with Crippen LogP contribution in [0.5, 0.6) is 0 Å². The largest absolute Gasteiger partial charge is 0.355 e. The molecule has 2 atom stereocenters. The van der Waals surface area contributed by atoms with E-state index < -0.39 is 5.41 Å². The van der Waals surface area contributed by atoms with Gasteiger partial charge < -0.3 is 5.32 Å². The third-order valence-electron chi connectivity index (χ3n) is 6.47. The normalized spacial score (nSPS) is 13.7. The quantitative estimate of drug-likeness (QED) is 0.314. The monoisotopic (exact) mass is 467 g/mol. The molecule has 0 spiro atoms. The van der Waals surface area contributed by atoms with Crippen molar-refractivity contribution in [2.45, 2.75) is 57.5 Å². The van der Waals surface area contributed by atoms with Gasteiger partial charge in [-0.1, -0.05) is 105 Å². The summed E-state index contributed by atoms with van der Waals surface area (Å²) in [5.41, 5.74) is 2.72. The van der Waals surface area contributed by atoms with Crippen molar-refractivity contribution in [1.82, 2.24) is 10.6 Å². The Hall–Kier alpha value is -3.42. The SMILES string of the molecule is CC(C)C[C@H](NC(c1ccccc1)c1ccccc1)C(=O)NCCCC(C)(C#N)c1ccccc1. The van der Waals surface area contributed by atoms with Gasteiger partial charge in [0.15, 0.2) is 0 Å². The lowest BCUT2D eigenvalue weighted by Gasteiger charge is -2.27. The molecular weight excluding hydrogens is 430 g/mol. The van der Waals surface area contributed by atoms with E-state index in [1.165, 1.54) is 0 Å². The lowest BCUT2D eigenvalue weighted by Crippen LogP contribution is -2.47. The molecule has 3 aromatic carbocycles. The fourth-order valence-corrected chi connectivity index (χ4v) is 4.45. The molecule has 0 aliphatic carbocycles. The second-order valence-electron chi connectivity index (χ2n) is 9.81. The van der Waals surface area contributed by atoms with Gasteiger partial charge in [-0.25, -0.2) is 0 Å². The molecule has 182 valence electrons. The van der Waals surface area contributed by atoms with Gasteiger partial charge in [-0.15, -0.1) is 0 Å². The van der Waals surface area contributed by atoms with Crippen molar-refractivity contribution >= 4 is 5.91 Å². The van der Waals surface area contributed by atoms with Crippen molar-refractivity contribution in [3.05, 3.63) is 108 Å². The molecule has 0 aromatic heterocycles. The maximum absolute atomic E-state index is 13.3. The third kappa shape index (κ3) is 7.53. The van der Waals surface area contributed by atoms with Crippen LogP contribution in [0.2, 0.25) is 0 Å². The first-order chi connectivity index (χ1) is 16.9. The molecular formula is C31H37N3O. The van der Waals surface area contributed by atoms with Gasteiger partial charge in [0.1, 0.15) is 0 Å². The van der Waals surface area contributed by atoms with E-state index in [2.05, 4.69) is 54.8 Å². The molecule has 0 saturated carbocycles. The van der Waals surface area contributed by atoms with E-state index in [0.29, 0.717) is 18.9 Å². The summed E-state index contributed by atoms with van der Waals surface area (Å²) in [6.07, 6.45) is 2.16. The van der Waals surface area contributed by atoms with Gasteiger partial charge in [0.2, 0.25) is 5.91 Å². The number of hydrogen-bond acceptors (Lipinski definition) is 3. The van der Waals surface area contributed by atoms with Crippen LogP contribution in [0.4, 0.5) is 0 Å². The summed E-state index contributed by atoms with van der Waals surface area (Å²) >= 11 is 0. The Kier molecular flexibility index (Phi) is 9.64. The van der Waals surface area contributed by atoms with Crippen LogP contribution >= 0.6 is 0 Å². The summed E-state index contributed by atoms with van der Waals surface area (Å²) in [6.45, 7) is 6.79. The van der Waals surface area contributed by atoms with Crippen molar-refractivity contribution in [2.24, 2.45) is 5.92 Å². The summed E-state index contributed by atoms with van der Waals surface area (Å²) in [7, 11) is 0. The zero-order chi connectivity index (χ0) is 25.1. The predicted molar refractivity (Wildman–Crippen MR) is 143 cm³/mol. The lowest BCUT2D eigenvalue weighted by atomic mass is 9.80. The molecule has 0 aliphatic rings. The molecule has 35 heavy (non-hydrogen) atoms. The van der Waals surface area contributed by atoms with Gasteiger partial charge >= 0.3 is 0 Å². The van der Waals surface area contributed by atoms with E-state index in [9.17, 15) is 10.1 Å². The summed E-state index contributed by atoms with van der Waals surface area (Å²) < 4.78 is 0. The Balaban J connectivity index is 1.67. The highest BCUT2D eigenvalue weighted by molar-refractivity contribution is 5.81. The molecule has 3 aromatic rings. The van der Waals surface area contributed by atoms with Crippen LogP contribution in [-0.2, 0) is 10.2 Å². The number of nitrogens with zero attached hydrogens (tertiary/aromatic N) is 1. The first-order valence-corrected chi connectivity index (χ1v) is 12.5. The predicted octanol–water partition coefficient (Wildman–Crippen LogP) is 6.16. The average Bonchev–Trinajstić information content (AvgIpc) is 2.90. The van der Waals surface area contributed by atoms with Gasteiger partial charge in [-0.05, 0) is 48.8 Å². The van der Waals surface area contributed by atoms with Crippen molar-refractivity contribution in [3.63, 3.8) is 0 Å². The maximum atomic E-state index is 13.3. The van der Waals surface area contributed by atoms with Crippen LogP contribution < -0.4 is 10.6 Å². The van der Waals surface area contributed by atoms with Crippen LogP contribution in [0, 0.1) is 17.2 Å². The van der Waals surface area contributed by atoms with E-state index in [4.69, 9.17) is 0 Å². The summed E-state index contributed by atoms with van der Waals surface area (Å²) in [5.74, 6) is 0.374. The van der Waals surface area contributed by atoms with E-state index in [1.54, 1.807) is 0 Å². The molecule has 1 amide bonds. The third-order valence-corrected chi connectivity index (χ3v) is 6.47. The molecule has 3 rings (SSSR count). The zero-order valence-corrected chi connectivity index (χ0v) is 21.1. The number of rotatable bonds is 12. The number of benzene rings is 3. The summed E-state index contributed by atoms with van der Waals surface area (Å²) in [6, 6.07) is 32.5. The lowest BCUT2D eigenvalue weighted by molar-refractivity contribution is -0.123. The first kappa shape index (κ1) is 26.2. The van der Waals surface area contributed by atoms with Crippen LogP contribution in [0.1, 0.15) is 62.8 Å². The molecule has 0 saturated heterocycles. The van der Waals surface area contributed by atoms with Gasteiger partial charge in [0, 0.05) is 6.54 Å². The molecule has 0 bridgehead atoms. The Bertz CT molecular complexity index is 1040. The highest BCUT2D eigenvalue weighted by Gasteiger charge is 2.27. The van der Waals surface area contributed by atoms with Crippen LogP contribution in [0.3, 0.4) is 0 Å². The first-order valence-electron chi connectivity index (χ1n) is 12.5. The van der Waals surface area contributed by atoms with E-state index in [0.717, 1.165) is 29.5 Å². The van der Waals surface area contributed by atoms with Gasteiger partial charge in [0.25, 0.3) is 0 Å². The van der Waals surface area contributed by atoms with Crippen molar-refractivity contribution in [2.75, 3.05) is 6.54 Å². The number of nitrogens with one attached hydrogen (secondary N) is 2. The smallest absolute Gasteiger partial charge is 0.237 e. The van der Waals surface area contributed by atoms with Crippen molar-refractivity contribution in [1.29, 1.82) is 5.26 Å². The number of amides is 1. The highest BCUT2D eigenvalue weighted by atomic mass is 16.2. The topological polar surface area (TPSA) is 64.9 Å². The molecule has 0 fully saturated rings. The molecule has 0 aliphatic heterocycles. The van der Waals surface area contributed by atoms with Crippen molar-refractivity contribution in [3.8, 4) is 6.07 Å². The minimum absolute atomic E-state index is 0.00827. The van der Waals surface area contributed by atoms with E-state index in [-0.39, 0.29) is 18.0 Å². The van der Waals surface area contributed by atoms with Gasteiger partial charge in [-0.3, -0.25) is 10.1 Å². The fraction of sp³-hybridized carbons (Fsp3) is 0.355. The van der Waals surface area contributed by atoms with Gasteiger partial charge in [-0.2, -0.15) is 5.26 Å². The fourth-order valence-electron chi connectivity index (χ4n) is 4.45. The van der Waals surface area contributed by atoms with Gasteiger partial charge in [0.05, 0.1) is 23.6 Å². The number of carbonyl (C=O) groups excluding carboxylic acids is 1. The summed E-state index contributed by atoms with van der Waals surface area (Å²) in [4.78, 5) is 13.3. The summed E-state index contributed by atoms with van der Waals surface area (Å²) in [5, 5.41) is 16.6. The minimum Gasteiger partial charge on any atom is -0.355 e. The Morgan fingerprint density at radius 2 is 1.40 bits per heavy atom. The van der Waals surface area contributed by atoms with Crippen molar-refractivity contribution < 1.29 is 4.79 Å². The van der Waals surface area contributed by atoms with E-state index in [1.807, 2.05) is 73.7 Å².